The number of imidazole rings is 1. The Morgan fingerprint density at radius 1 is 1.29 bits per heavy atom. The van der Waals surface area contributed by atoms with E-state index in [1.165, 1.54) is 0 Å². The van der Waals surface area contributed by atoms with Crippen molar-refractivity contribution in [1.82, 2.24) is 14.5 Å². The molecule has 0 radical (unpaired) electrons. The number of aromatic amines is 1. The minimum Gasteiger partial charge on any atom is -0.329 e. The molecule has 0 aliphatic carbocycles. The van der Waals surface area contributed by atoms with Crippen molar-refractivity contribution in [2.45, 2.75) is 20.3 Å². The van der Waals surface area contributed by atoms with E-state index in [-0.39, 0.29) is 5.56 Å². The zero-order chi connectivity index (χ0) is 17.1. The molecule has 120 valence electrons. The Morgan fingerprint density at radius 2 is 2.12 bits per heavy atom. The Balaban J connectivity index is 2.01. The Bertz CT molecular complexity index is 1010. The van der Waals surface area contributed by atoms with Crippen molar-refractivity contribution in [2.75, 3.05) is 0 Å². The summed E-state index contributed by atoms with van der Waals surface area (Å²) in [5.74, 6) is 6.88. The van der Waals surface area contributed by atoms with Gasteiger partial charge in [0.2, 0.25) is 0 Å². The fourth-order valence-corrected chi connectivity index (χ4v) is 2.74. The number of halogens is 1. The third-order valence-corrected chi connectivity index (χ3v) is 3.93. The number of rotatable bonds is 2. The predicted molar refractivity (Wildman–Crippen MR) is 95.7 cm³/mol. The summed E-state index contributed by atoms with van der Waals surface area (Å²) in [7, 11) is 0. The van der Waals surface area contributed by atoms with E-state index in [0.717, 1.165) is 22.6 Å². The lowest BCUT2D eigenvalue weighted by Crippen LogP contribution is -2.15. The monoisotopic (exact) mass is 337 g/mol. The second-order valence-electron chi connectivity index (χ2n) is 5.33. The molecular weight excluding hydrogens is 322 g/mol. The molecule has 0 bridgehead atoms. The van der Waals surface area contributed by atoms with Gasteiger partial charge in [-0.1, -0.05) is 30.5 Å². The van der Waals surface area contributed by atoms with Gasteiger partial charge >= 0.3 is 0 Å². The number of H-pyrrole nitrogens is 1. The highest BCUT2D eigenvalue weighted by Crippen LogP contribution is 2.15. The molecule has 3 aromatic rings. The number of hydrogen-bond acceptors (Lipinski definition) is 2. The third-order valence-electron chi connectivity index (χ3n) is 3.69. The summed E-state index contributed by atoms with van der Waals surface area (Å²) in [6.07, 6.45) is 4.14. The summed E-state index contributed by atoms with van der Waals surface area (Å²) in [6, 6.07) is 9.26. The molecule has 2 heterocycles. The minimum absolute atomic E-state index is 0.0744. The van der Waals surface area contributed by atoms with E-state index in [2.05, 4.69) is 21.8 Å². The van der Waals surface area contributed by atoms with Crippen LogP contribution in [0.4, 0.5) is 0 Å². The zero-order valence-electron chi connectivity index (χ0n) is 13.4. The van der Waals surface area contributed by atoms with Gasteiger partial charge in [0, 0.05) is 28.5 Å². The smallest absolute Gasteiger partial charge is 0.253 e. The van der Waals surface area contributed by atoms with Crippen LogP contribution in [0, 0.1) is 18.8 Å². The fraction of sp³-hybridized carbons (Fsp3) is 0.158. The molecule has 0 aliphatic heterocycles. The van der Waals surface area contributed by atoms with Gasteiger partial charge in [0.25, 0.3) is 5.56 Å². The molecule has 0 unspecified atom stereocenters. The van der Waals surface area contributed by atoms with Crippen LogP contribution in [0.5, 0.6) is 0 Å². The highest BCUT2D eigenvalue weighted by molar-refractivity contribution is 6.30. The van der Waals surface area contributed by atoms with Crippen LogP contribution < -0.4 is 5.56 Å². The molecule has 0 saturated heterocycles. The molecule has 0 amide bonds. The summed E-state index contributed by atoms with van der Waals surface area (Å²) >= 11 is 5.96. The van der Waals surface area contributed by atoms with Crippen LogP contribution in [0.15, 0.2) is 47.5 Å². The summed E-state index contributed by atoms with van der Waals surface area (Å²) in [5.41, 5.74) is 2.97. The van der Waals surface area contributed by atoms with Gasteiger partial charge in [0.1, 0.15) is 11.5 Å². The summed E-state index contributed by atoms with van der Waals surface area (Å²) in [5, 5.41) is 0.652. The predicted octanol–water partition coefficient (Wildman–Crippen LogP) is 3.48. The van der Waals surface area contributed by atoms with Crippen LogP contribution in [0.3, 0.4) is 0 Å². The first-order valence-electron chi connectivity index (χ1n) is 7.63. The molecule has 0 atom stereocenters. The molecule has 0 saturated carbocycles. The average Bonchev–Trinajstić information content (AvgIpc) is 2.93. The third kappa shape index (κ3) is 3.27. The number of aromatic nitrogens is 3. The van der Waals surface area contributed by atoms with E-state index in [1.807, 2.05) is 54.9 Å². The maximum Gasteiger partial charge on any atom is 0.253 e. The lowest BCUT2D eigenvalue weighted by molar-refractivity contribution is 0.926. The van der Waals surface area contributed by atoms with Gasteiger partial charge in [0.05, 0.1) is 5.69 Å². The number of hydrogen-bond donors (Lipinski definition) is 1. The van der Waals surface area contributed by atoms with Crippen molar-refractivity contribution >= 4 is 11.6 Å². The Labute approximate surface area is 145 Å². The summed E-state index contributed by atoms with van der Waals surface area (Å²) in [4.78, 5) is 19.2. The van der Waals surface area contributed by atoms with Crippen LogP contribution >= 0.6 is 11.6 Å². The first-order chi connectivity index (χ1) is 11.6. The number of nitrogens with one attached hydrogen (secondary N) is 1. The minimum atomic E-state index is -0.0744. The molecule has 4 nitrogen and oxygen atoms in total. The van der Waals surface area contributed by atoms with Crippen LogP contribution in [-0.4, -0.2) is 14.5 Å². The molecule has 2 aromatic heterocycles. The highest BCUT2D eigenvalue weighted by Gasteiger charge is 2.10. The molecule has 5 heteroatoms. The Morgan fingerprint density at radius 3 is 2.88 bits per heavy atom. The maximum absolute atomic E-state index is 12.0. The first kappa shape index (κ1) is 16.1. The Kier molecular flexibility index (Phi) is 4.54. The number of nitrogens with zero attached hydrogens (tertiary/aromatic N) is 2. The molecule has 1 aromatic carbocycles. The lowest BCUT2D eigenvalue weighted by Gasteiger charge is -2.08. The van der Waals surface area contributed by atoms with Gasteiger partial charge in [0.15, 0.2) is 0 Å². The average molecular weight is 338 g/mol. The van der Waals surface area contributed by atoms with E-state index < -0.39 is 0 Å². The second kappa shape index (κ2) is 6.77. The molecule has 1 N–H and O–H groups in total. The normalized spacial score (nSPS) is 10.3. The first-order valence-corrected chi connectivity index (χ1v) is 8.01. The van der Waals surface area contributed by atoms with E-state index in [9.17, 15) is 4.79 Å². The van der Waals surface area contributed by atoms with Gasteiger partial charge < -0.3 is 9.55 Å². The van der Waals surface area contributed by atoms with E-state index >= 15 is 0 Å². The van der Waals surface area contributed by atoms with Crippen molar-refractivity contribution in [3.63, 3.8) is 0 Å². The largest absolute Gasteiger partial charge is 0.329 e. The topological polar surface area (TPSA) is 50.7 Å². The zero-order valence-corrected chi connectivity index (χ0v) is 14.2. The summed E-state index contributed by atoms with van der Waals surface area (Å²) < 4.78 is 1.90. The van der Waals surface area contributed by atoms with Gasteiger partial charge in [-0.3, -0.25) is 4.79 Å². The summed E-state index contributed by atoms with van der Waals surface area (Å²) in [6.45, 7) is 3.85. The standard InChI is InChI=1S/C19H16ClN3O/c1-3-17-18(9-10-21-19(17)24)23-12-16(22-13(23)2)8-7-14-5-4-6-15(20)11-14/h4-6,9-12H,3H2,1-2H3,(H,21,24). The van der Waals surface area contributed by atoms with Crippen LogP contribution in [0.25, 0.3) is 5.69 Å². The van der Waals surface area contributed by atoms with Crippen molar-refractivity contribution in [1.29, 1.82) is 0 Å². The fourth-order valence-electron chi connectivity index (χ4n) is 2.55. The molecule has 0 aliphatic rings. The Hall–Kier alpha value is -2.77. The SMILES string of the molecule is CCc1c(-n2cc(C#Cc3cccc(Cl)c3)nc2C)cc[nH]c1=O. The maximum atomic E-state index is 12.0. The van der Waals surface area contributed by atoms with Crippen LogP contribution in [-0.2, 0) is 6.42 Å². The van der Waals surface area contributed by atoms with E-state index in [1.54, 1.807) is 6.20 Å². The number of aryl methyl sites for hydroxylation is 1. The molecular formula is C19H16ClN3O. The second-order valence-corrected chi connectivity index (χ2v) is 5.76. The quantitative estimate of drug-likeness (QED) is 0.728. The van der Waals surface area contributed by atoms with E-state index in [4.69, 9.17) is 11.6 Å². The van der Waals surface area contributed by atoms with Gasteiger partial charge in [-0.05, 0) is 43.5 Å². The molecule has 0 spiro atoms. The van der Waals surface area contributed by atoms with Crippen molar-refractivity contribution in [3.05, 3.63) is 80.7 Å². The molecule has 0 fully saturated rings. The molecule has 24 heavy (non-hydrogen) atoms. The van der Waals surface area contributed by atoms with Gasteiger partial charge in [-0.25, -0.2) is 4.98 Å². The van der Waals surface area contributed by atoms with Crippen molar-refractivity contribution in [3.8, 4) is 17.5 Å². The highest BCUT2D eigenvalue weighted by atomic mass is 35.5. The van der Waals surface area contributed by atoms with Gasteiger partial charge in [-0.2, -0.15) is 0 Å². The van der Waals surface area contributed by atoms with Crippen molar-refractivity contribution < 1.29 is 0 Å². The van der Waals surface area contributed by atoms with Crippen molar-refractivity contribution in [2.24, 2.45) is 0 Å². The number of pyridine rings is 1. The van der Waals surface area contributed by atoms with Gasteiger partial charge in [-0.15, -0.1) is 0 Å². The lowest BCUT2D eigenvalue weighted by atomic mass is 10.2. The van der Waals surface area contributed by atoms with Crippen LogP contribution in [0.1, 0.15) is 29.6 Å². The van der Waals surface area contributed by atoms with Crippen LogP contribution in [0.2, 0.25) is 5.02 Å². The number of benzene rings is 1. The molecule has 3 rings (SSSR count). The van der Waals surface area contributed by atoms with E-state index in [0.29, 0.717) is 17.1 Å².